The van der Waals surface area contributed by atoms with Crippen molar-refractivity contribution in [3.8, 4) is 0 Å². The maximum Gasteiger partial charge on any atom is 0.408 e. The van der Waals surface area contributed by atoms with E-state index in [1.165, 1.54) is 6.92 Å². The van der Waals surface area contributed by atoms with Crippen LogP contribution in [0.3, 0.4) is 0 Å². The fourth-order valence-electron chi connectivity index (χ4n) is 4.32. The molecule has 5 amide bonds. The van der Waals surface area contributed by atoms with Crippen LogP contribution in [0.4, 0.5) is 4.79 Å². The number of rotatable bonds is 16. The van der Waals surface area contributed by atoms with E-state index in [9.17, 15) is 28.8 Å². The normalized spacial score (nSPS) is 14.3. The summed E-state index contributed by atoms with van der Waals surface area (Å²) >= 11 is 0. The molecule has 0 spiro atoms. The summed E-state index contributed by atoms with van der Waals surface area (Å²) in [6, 6.07) is 13.2. The lowest BCUT2D eigenvalue weighted by Gasteiger charge is -2.28. The summed E-state index contributed by atoms with van der Waals surface area (Å²) in [6.45, 7) is 9.85. The number of hydrogen-bond acceptors (Lipinski definition) is 8. The summed E-state index contributed by atoms with van der Waals surface area (Å²) in [5, 5.41) is 10.1. The molecule has 0 aromatic heterocycles. The third kappa shape index (κ3) is 13.9. The van der Waals surface area contributed by atoms with E-state index in [1.807, 2.05) is 19.1 Å². The van der Waals surface area contributed by atoms with Gasteiger partial charge in [0.05, 0.1) is 6.42 Å². The van der Waals surface area contributed by atoms with Gasteiger partial charge in [0.15, 0.2) is 0 Å². The zero-order chi connectivity index (χ0) is 35.1. The van der Waals surface area contributed by atoms with Gasteiger partial charge in [-0.15, -0.1) is 0 Å². The number of nitrogens with two attached hydrogens (primary N) is 1. The fraction of sp³-hybridized carbons (Fsp3) is 0.471. The third-order valence-corrected chi connectivity index (χ3v) is 7.11. The zero-order valence-corrected chi connectivity index (χ0v) is 27.8. The Balaban J connectivity index is 2.11. The number of benzene rings is 2. The Morgan fingerprint density at radius 1 is 0.745 bits per heavy atom. The molecule has 5 unspecified atom stereocenters. The molecule has 13 nitrogen and oxygen atoms in total. The molecule has 256 valence electrons. The Morgan fingerprint density at radius 3 is 1.85 bits per heavy atom. The van der Waals surface area contributed by atoms with E-state index in [-0.39, 0.29) is 18.9 Å². The van der Waals surface area contributed by atoms with Crippen LogP contribution in [-0.4, -0.2) is 65.5 Å². The van der Waals surface area contributed by atoms with Gasteiger partial charge in [-0.05, 0) is 44.7 Å². The van der Waals surface area contributed by atoms with Crippen molar-refractivity contribution < 1.29 is 38.2 Å². The Morgan fingerprint density at radius 2 is 1.32 bits per heavy atom. The number of amides is 5. The Kier molecular flexibility index (Phi) is 14.9. The lowest BCUT2D eigenvalue weighted by atomic mass is 9.97. The number of nitrogens with one attached hydrogen (secondary N) is 4. The first-order valence-corrected chi connectivity index (χ1v) is 15.5. The number of esters is 1. The van der Waals surface area contributed by atoms with Crippen molar-refractivity contribution >= 4 is 35.7 Å². The predicted molar refractivity (Wildman–Crippen MR) is 174 cm³/mol. The second-order valence-electron chi connectivity index (χ2n) is 12.3. The van der Waals surface area contributed by atoms with Crippen molar-refractivity contribution in [3.05, 3.63) is 71.8 Å². The van der Waals surface area contributed by atoms with Crippen molar-refractivity contribution in [2.24, 2.45) is 11.7 Å². The highest BCUT2D eigenvalue weighted by Gasteiger charge is 2.33. The number of alkyl carbamates (subject to hydrolysis) is 1. The second-order valence-corrected chi connectivity index (χ2v) is 12.3. The van der Waals surface area contributed by atoms with Gasteiger partial charge in [0.1, 0.15) is 36.4 Å². The molecule has 0 aliphatic heterocycles. The van der Waals surface area contributed by atoms with Gasteiger partial charge >= 0.3 is 12.1 Å². The van der Waals surface area contributed by atoms with Crippen LogP contribution in [0.25, 0.3) is 0 Å². The van der Waals surface area contributed by atoms with Crippen LogP contribution in [0.1, 0.15) is 65.5 Å². The highest BCUT2D eigenvalue weighted by atomic mass is 16.6. The highest BCUT2D eigenvalue weighted by molar-refractivity contribution is 5.96. The number of ether oxygens (including phenoxy) is 2. The van der Waals surface area contributed by atoms with Crippen LogP contribution >= 0.6 is 0 Å². The van der Waals surface area contributed by atoms with Gasteiger partial charge in [-0.3, -0.25) is 24.0 Å². The first kappa shape index (κ1) is 38.2. The molecule has 2 rings (SSSR count). The van der Waals surface area contributed by atoms with Crippen LogP contribution in [0.15, 0.2) is 60.7 Å². The largest absolute Gasteiger partial charge is 0.461 e. The van der Waals surface area contributed by atoms with Crippen LogP contribution in [0.5, 0.6) is 0 Å². The van der Waals surface area contributed by atoms with Crippen molar-refractivity contribution in [1.29, 1.82) is 0 Å². The minimum atomic E-state index is -1.44. The summed E-state index contributed by atoms with van der Waals surface area (Å²) in [4.78, 5) is 77.2. The van der Waals surface area contributed by atoms with Crippen molar-refractivity contribution in [1.82, 2.24) is 21.3 Å². The lowest BCUT2D eigenvalue weighted by molar-refractivity contribution is -0.147. The molecule has 0 aliphatic carbocycles. The number of primary amides is 1. The molecule has 2 aromatic carbocycles. The second kappa shape index (κ2) is 18.3. The molecule has 0 radical (unpaired) electrons. The highest BCUT2D eigenvalue weighted by Crippen LogP contribution is 2.12. The quantitative estimate of drug-likeness (QED) is 0.170. The summed E-state index contributed by atoms with van der Waals surface area (Å²) in [5.74, 6) is -4.03. The minimum Gasteiger partial charge on any atom is -0.461 e. The number of carbonyl (C=O) groups is 6. The van der Waals surface area contributed by atoms with Crippen LogP contribution in [0, 0.1) is 5.92 Å². The van der Waals surface area contributed by atoms with Gasteiger partial charge < -0.3 is 36.5 Å². The van der Waals surface area contributed by atoms with E-state index in [0.717, 1.165) is 11.1 Å². The van der Waals surface area contributed by atoms with Crippen molar-refractivity contribution in [2.45, 2.75) is 97.2 Å². The standard InChI is InChI=1S/C34H47N5O8/c1-7-21(2)28(32(44)37-25(29(35)41)18-23-14-10-8-11-15-23)39-30(42)22(3)36-31(43)26(38-33(45)47-34(4,5)6)19-27(40)46-20-24-16-12-9-13-17-24/h8-17,21-22,25-26,28H,7,18-20H2,1-6H3,(H2,35,41)(H,36,43)(H,37,44)(H,38,45)(H,39,42). The van der Waals surface area contributed by atoms with E-state index in [2.05, 4.69) is 21.3 Å². The molecular weight excluding hydrogens is 606 g/mol. The summed E-state index contributed by atoms with van der Waals surface area (Å²) < 4.78 is 10.5. The molecule has 2 aromatic rings. The van der Waals surface area contributed by atoms with Gasteiger partial charge in [0, 0.05) is 6.42 Å². The molecule has 0 heterocycles. The van der Waals surface area contributed by atoms with Crippen LogP contribution in [-0.2, 0) is 46.5 Å². The maximum absolute atomic E-state index is 13.3. The van der Waals surface area contributed by atoms with E-state index < -0.39 is 71.9 Å². The lowest BCUT2D eigenvalue weighted by Crippen LogP contribution is -2.59. The summed E-state index contributed by atoms with van der Waals surface area (Å²) in [5.41, 5.74) is 6.20. The monoisotopic (exact) mass is 653 g/mol. The van der Waals surface area contributed by atoms with Gasteiger partial charge in [0.25, 0.3) is 0 Å². The molecule has 6 N–H and O–H groups in total. The minimum absolute atomic E-state index is 0.0414. The molecule has 0 saturated heterocycles. The van der Waals surface area contributed by atoms with E-state index in [0.29, 0.717) is 6.42 Å². The predicted octanol–water partition coefficient (Wildman–Crippen LogP) is 2.26. The SMILES string of the molecule is CCC(C)C(NC(=O)C(C)NC(=O)C(CC(=O)OCc1ccccc1)NC(=O)OC(C)(C)C)C(=O)NC(Cc1ccccc1)C(N)=O. The van der Waals surface area contributed by atoms with Gasteiger partial charge in [-0.1, -0.05) is 80.9 Å². The number of hydrogen-bond donors (Lipinski definition) is 5. The first-order chi connectivity index (χ1) is 22.1. The van der Waals surface area contributed by atoms with Crippen LogP contribution in [0.2, 0.25) is 0 Å². The topological polar surface area (TPSA) is 195 Å². The molecule has 0 aliphatic rings. The third-order valence-electron chi connectivity index (χ3n) is 7.11. The average molecular weight is 654 g/mol. The molecule has 0 fully saturated rings. The smallest absolute Gasteiger partial charge is 0.408 e. The summed E-state index contributed by atoms with van der Waals surface area (Å²) in [7, 11) is 0. The molecular formula is C34H47N5O8. The molecule has 13 heteroatoms. The Bertz CT molecular complexity index is 1360. The van der Waals surface area contributed by atoms with Gasteiger partial charge in [-0.2, -0.15) is 0 Å². The molecule has 5 atom stereocenters. The molecule has 0 saturated carbocycles. The summed E-state index contributed by atoms with van der Waals surface area (Å²) in [6.07, 6.45) is -0.819. The molecule has 0 bridgehead atoms. The van der Waals surface area contributed by atoms with Gasteiger partial charge in [-0.25, -0.2) is 4.79 Å². The van der Waals surface area contributed by atoms with E-state index >= 15 is 0 Å². The maximum atomic E-state index is 13.3. The van der Waals surface area contributed by atoms with Crippen molar-refractivity contribution in [2.75, 3.05) is 0 Å². The van der Waals surface area contributed by atoms with E-state index in [4.69, 9.17) is 15.2 Å². The average Bonchev–Trinajstić information content (AvgIpc) is 3.01. The van der Waals surface area contributed by atoms with Gasteiger partial charge in [0.2, 0.25) is 23.6 Å². The van der Waals surface area contributed by atoms with E-state index in [1.54, 1.807) is 76.2 Å². The Hall–Kier alpha value is -4.94. The first-order valence-electron chi connectivity index (χ1n) is 15.5. The Labute approximate surface area is 275 Å². The fourth-order valence-corrected chi connectivity index (χ4v) is 4.32. The zero-order valence-electron chi connectivity index (χ0n) is 27.8. The van der Waals surface area contributed by atoms with Crippen molar-refractivity contribution in [3.63, 3.8) is 0 Å². The molecule has 47 heavy (non-hydrogen) atoms. The number of carbonyl (C=O) groups excluding carboxylic acids is 6. The van der Waals surface area contributed by atoms with Crippen LogP contribution < -0.4 is 27.0 Å².